The van der Waals surface area contributed by atoms with Crippen molar-refractivity contribution >= 4 is 11.9 Å². The molecule has 0 saturated heterocycles. The van der Waals surface area contributed by atoms with E-state index in [1.54, 1.807) is 24.3 Å². The Balaban J connectivity index is 2.51. The van der Waals surface area contributed by atoms with Crippen molar-refractivity contribution in [1.82, 2.24) is 0 Å². The maximum atomic E-state index is 13.3. The van der Waals surface area contributed by atoms with Crippen LogP contribution in [0.25, 0.3) is 0 Å². The van der Waals surface area contributed by atoms with E-state index in [1.807, 2.05) is 6.92 Å². The summed E-state index contributed by atoms with van der Waals surface area (Å²) in [6.07, 6.45) is -4.96. The highest BCUT2D eigenvalue weighted by atomic mass is 19.4. The first-order valence-electron chi connectivity index (χ1n) is 9.12. The molecule has 4 nitrogen and oxygen atoms in total. The predicted molar refractivity (Wildman–Crippen MR) is 91.7 cm³/mol. The molecule has 0 aliphatic heterocycles. The molecular formula is C19H20F8O4. The van der Waals surface area contributed by atoms with E-state index in [4.69, 9.17) is 4.74 Å². The van der Waals surface area contributed by atoms with Crippen molar-refractivity contribution < 1.29 is 54.2 Å². The second kappa shape index (κ2) is 10.8. The molecule has 0 atom stereocenters. The first kappa shape index (κ1) is 26.6. The first-order valence-corrected chi connectivity index (χ1v) is 9.12. The standard InChI is InChI=1S/C19H20F8O4/c1-2-6-12-7-3-4-8-13(12)31-15(29)10-5-9-14(28)30-11-17(22,23)19(26,27)18(24,25)16(20)21/h3-4,7-8,16H,2,5-6,9-11H2,1H3. The highest BCUT2D eigenvalue weighted by Crippen LogP contribution is 2.48. The second-order valence-electron chi connectivity index (χ2n) is 6.55. The number of ether oxygens (including phenoxy) is 2. The molecular weight excluding hydrogens is 444 g/mol. The van der Waals surface area contributed by atoms with Crippen LogP contribution >= 0.6 is 0 Å². The Labute approximate surface area is 172 Å². The minimum absolute atomic E-state index is 0.275. The number of benzene rings is 1. The van der Waals surface area contributed by atoms with Gasteiger partial charge in [0.05, 0.1) is 0 Å². The van der Waals surface area contributed by atoms with E-state index >= 15 is 0 Å². The zero-order chi connectivity index (χ0) is 23.9. The fraction of sp³-hybridized carbons (Fsp3) is 0.579. The van der Waals surface area contributed by atoms with E-state index in [2.05, 4.69) is 4.74 Å². The van der Waals surface area contributed by atoms with Gasteiger partial charge in [-0.2, -0.15) is 26.3 Å². The van der Waals surface area contributed by atoms with Crippen LogP contribution in [0.1, 0.15) is 38.2 Å². The summed E-state index contributed by atoms with van der Waals surface area (Å²) in [6, 6.07) is 6.67. The van der Waals surface area contributed by atoms with Gasteiger partial charge in [-0.05, 0) is 24.5 Å². The molecule has 0 saturated carbocycles. The van der Waals surface area contributed by atoms with Crippen molar-refractivity contribution in [3.05, 3.63) is 29.8 Å². The largest absolute Gasteiger partial charge is 0.459 e. The molecule has 176 valence electrons. The van der Waals surface area contributed by atoms with Gasteiger partial charge < -0.3 is 9.47 Å². The third-order valence-electron chi connectivity index (χ3n) is 4.04. The van der Waals surface area contributed by atoms with Crippen LogP contribution in [-0.4, -0.2) is 42.7 Å². The Hall–Kier alpha value is -2.40. The molecule has 0 bridgehead atoms. The number of aryl methyl sites for hydroxylation is 1. The minimum atomic E-state index is -6.45. The molecule has 31 heavy (non-hydrogen) atoms. The van der Waals surface area contributed by atoms with Crippen molar-refractivity contribution in [1.29, 1.82) is 0 Å². The first-order chi connectivity index (χ1) is 14.3. The average molecular weight is 464 g/mol. The number of esters is 2. The van der Waals surface area contributed by atoms with E-state index in [1.165, 1.54) is 0 Å². The number of rotatable bonds is 12. The zero-order valence-corrected chi connectivity index (χ0v) is 16.3. The van der Waals surface area contributed by atoms with E-state index in [0.717, 1.165) is 12.0 Å². The summed E-state index contributed by atoms with van der Waals surface area (Å²) >= 11 is 0. The van der Waals surface area contributed by atoms with E-state index in [9.17, 15) is 44.7 Å². The van der Waals surface area contributed by atoms with Crippen LogP contribution in [0.2, 0.25) is 0 Å². The van der Waals surface area contributed by atoms with Crippen LogP contribution in [0, 0.1) is 0 Å². The molecule has 12 heteroatoms. The summed E-state index contributed by atoms with van der Waals surface area (Å²) < 4.78 is 111. The average Bonchev–Trinajstić information content (AvgIpc) is 2.67. The number of carbonyl (C=O) groups is 2. The van der Waals surface area contributed by atoms with Gasteiger partial charge in [0.2, 0.25) is 0 Å². The number of carbonyl (C=O) groups excluding carboxylic acids is 2. The predicted octanol–water partition coefficient (Wildman–Crippen LogP) is 5.43. The summed E-state index contributed by atoms with van der Waals surface area (Å²) in [6.45, 7) is -0.617. The number of hydrogen-bond acceptors (Lipinski definition) is 4. The Kier molecular flexibility index (Phi) is 9.25. The summed E-state index contributed by atoms with van der Waals surface area (Å²) in [5, 5.41) is 0. The summed E-state index contributed by atoms with van der Waals surface area (Å²) in [5.74, 6) is -20.5. The molecule has 0 aliphatic rings. The minimum Gasteiger partial charge on any atom is -0.459 e. The fourth-order valence-electron chi connectivity index (χ4n) is 2.34. The smallest absolute Gasteiger partial charge is 0.381 e. The molecule has 1 rings (SSSR count). The van der Waals surface area contributed by atoms with Gasteiger partial charge in [0.1, 0.15) is 5.75 Å². The van der Waals surface area contributed by atoms with Crippen LogP contribution in [0.4, 0.5) is 35.1 Å². The van der Waals surface area contributed by atoms with Gasteiger partial charge in [-0.25, -0.2) is 8.78 Å². The van der Waals surface area contributed by atoms with Crippen molar-refractivity contribution in [2.45, 2.75) is 63.2 Å². The third kappa shape index (κ3) is 6.79. The topological polar surface area (TPSA) is 52.6 Å². The summed E-state index contributed by atoms with van der Waals surface area (Å²) in [7, 11) is 0. The van der Waals surface area contributed by atoms with Gasteiger partial charge in [0.15, 0.2) is 6.61 Å². The Morgan fingerprint density at radius 3 is 2.13 bits per heavy atom. The zero-order valence-electron chi connectivity index (χ0n) is 16.3. The lowest BCUT2D eigenvalue weighted by Gasteiger charge is -2.31. The lowest BCUT2D eigenvalue weighted by Crippen LogP contribution is -2.59. The van der Waals surface area contributed by atoms with Crippen LogP contribution < -0.4 is 4.74 Å². The highest BCUT2D eigenvalue weighted by molar-refractivity contribution is 5.74. The van der Waals surface area contributed by atoms with Gasteiger partial charge in [0, 0.05) is 12.8 Å². The van der Waals surface area contributed by atoms with Crippen molar-refractivity contribution in [2.75, 3.05) is 6.61 Å². The molecule has 0 aliphatic carbocycles. The van der Waals surface area contributed by atoms with E-state index < -0.39 is 49.2 Å². The molecule has 0 amide bonds. The second-order valence-corrected chi connectivity index (χ2v) is 6.55. The van der Waals surface area contributed by atoms with Gasteiger partial charge in [-0.15, -0.1) is 0 Å². The van der Waals surface area contributed by atoms with Gasteiger partial charge >= 0.3 is 36.1 Å². The monoisotopic (exact) mass is 464 g/mol. The highest BCUT2D eigenvalue weighted by Gasteiger charge is 2.75. The Morgan fingerprint density at radius 2 is 1.55 bits per heavy atom. The number of halogens is 8. The van der Waals surface area contributed by atoms with Crippen molar-refractivity contribution in [3.63, 3.8) is 0 Å². The normalized spacial score (nSPS) is 12.7. The van der Waals surface area contributed by atoms with Crippen LogP contribution in [0.5, 0.6) is 5.75 Å². The van der Waals surface area contributed by atoms with Gasteiger partial charge in [-0.3, -0.25) is 9.59 Å². The number of hydrogen-bond donors (Lipinski definition) is 0. The molecule has 0 radical (unpaired) electrons. The van der Waals surface area contributed by atoms with E-state index in [0.29, 0.717) is 12.2 Å². The quantitative estimate of drug-likeness (QED) is 0.235. The number of alkyl halides is 8. The number of para-hydroxylation sites is 1. The lowest BCUT2D eigenvalue weighted by molar-refractivity contribution is -0.344. The van der Waals surface area contributed by atoms with Gasteiger partial charge in [-0.1, -0.05) is 31.5 Å². The Bertz CT molecular complexity index is 752. The van der Waals surface area contributed by atoms with Crippen molar-refractivity contribution in [2.24, 2.45) is 0 Å². The molecule has 0 fully saturated rings. The van der Waals surface area contributed by atoms with Crippen molar-refractivity contribution in [3.8, 4) is 5.75 Å². The molecule has 1 aromatic carbocycles. The Morgan fingerprint density at radius 1 is 0.968 bits per heavy atom. The molecule has 0 unspecified atom stereocenters. The summed E-state index contributed by atoms with van der Waals surface area (Å²) in [5.41, 5.74) is 0.765. The van der Waals surface area contributed by atoms with Crippen LogP contribution in [0.15, 0.2) is 24.3 Å². The van der Waals surface area contributed by atoms with Gasteiger partial charge in [0.25, 0.3) is 0 Å². The molecule has 0 aromatic heterocycles. The SMILES string of the molecule is CCCc1ccccc1OC(=O)CCCC(=O)OCC(F)(F)C(F)(F)C(F)(F)C(F)F. The molecule has 0 N–H and O–H groups in total. The molecule has 0 spiro atoms. The van der Waals surface area contributed by atoms with E-state index in [-0.39, 0.29) is 12.8 Å². The molecule has 1 aromatic rings. The van der Waals surface area contributed by atoms with Crippen LogP contribution in [-0.2, 0) is 20.7 Å². The maximum Gasteiger partial charge on any atom is 0.381 e. The fourth-order valence-corrected chi connectivity index (χ4v) is 2.34. The third-order valence-corrected chi connectivity index (χ3v) is 4.04. The summed E-state index contributed by atoms with van der Waals surface area (Å²) in [4.78, 5) is 23.2. The maximum absolute atomic E-state index is 13.3. The lowest BCUT2D eigenvalue weighted by atomic mass is 10.1. The van der Waals surface area contributed by atoms with Crippen LogP contribution in [0.3, 0.4) is 0 Å². The molecule has 0 heterocycles.